The SMILES string of the molecule is Cc1ccccc1C(=O)OCC=O. The molecule has 13 heavy (non-hydrogen) atoms. The number of carbonyl (C=O) groups excluding carboxylic acids is 2. The first kappa shape index (κ1) is 9.45. The van der Waals surface area contributed by atoms with E-state index in [1.807, 2.05) is 19.1 Å². The van der Waals surface area contributed by atoms with Crippen molar-refractivity contribution in [1.82, 2.24) is 0 Å². The number of hydrogen-bond donors (Lipinski definition) is 0. The molecule has 0 heterocycles. The molecular formula is C10H10O3. The van der Waals surface area contributed by atoms with Crippen LogP contribution in [0.25, 0.3) is 0 Å². The minimum absolute atomic E-state index is 0.187. The second kappa shape index (κ2) is 4.40. The Hall–Kier alpha value is -1.64. The van der Waals surface area contributed by atoms with Crippen LogP contribution >= 0.6 is 0 Å². The van der Waals surface area contributed by atoms with Crippen molar-refractivity contribution in [2.45, 2.75) is 6.92 Å². The highest BCUT2D eigenvalue weighted by molar-refractivity contribution is 5.91. The first-order valence-electron chi connectivity index (χ1n) is 3.92. The quantitative estimate of drug-likeness (QED) is 0.518. The molecule has 0 fully saturated rings. The van der Waals surface area contributed by atoms with Gasteiger partial charge < -0.3 is 4.74 Å². The van der Waals surface area contributed by atoms with Crippen LogP contribution in [0.3, 0.4) is 0 Å². The number of carbonyl (C=O) groups is 2. The molecule has 0 amide bonds. The molecule has 0 radical (unpaired) electrons. The molecule has 3 heteroatoms. The lowest BCUT2D eigenvalue weighted by Crippen LogP contribution is -2.08. The van der Waals surface area contributed by atoms with Crippen molar-refractivity contribution in [1.29, 1.82) is 0 Å². The molecule has 0 saturated carbocycles. The molecule has 0 atom stereocenters. The maximum absolute atomic E-state index is 11.2. The highest BCUT2D eigenvalue weighted by Crippen LogP contribution is 2.07. The molecule has 0 aliphatic carbocycles. The van der Waals surface area contributed by atoms with Crippen molar-refractivity contribution in [2.24, 2.45) is 0 Å². The van der Waals surface area contributed by atoms with Gasteiger partial charge in [0, 0.05) is 0 Å². The molecule has 0 spiro atoms. The second-order valence-corrected chi connectivity index (χ2v) is 2.58. The lowest BCUT2D eigenvalue weighted by molar-refractivity contribution is -0.110. The topological polar surface area (TPSA) is 43.4 Å². The van der Waals surface area contributed by atoms with E-state index >= 15 is 0 Å². The minimum atomic E-state index is -0.454. The fourth-order valence-corrected chi connectivity index (χ4v) is 0.989. The Balaban J connectivity index is 2.76. The van der Waals surface area contributed by atoms with Crippen molar-refractivity contribution in [3.63, 3.8) is 0 Å². The zero-order chi connectivity index (χ0) is 9.68. The zero-order valence-electron chi connectivity index (χ0n) is 7.32. The molecule has 68 valence electrons. The van der Waals surface area contributed by atoms with Crippen molar-refractivity contribution in [3.05, 3.63) is 35.4 Å². The molecule has 0 saturated heterocycles. The van der Waals surface area contributed by atoms with Gasteiger partial charge in [-0.15, -0.1) is 0 Å². The number of benzene rings is 1. The third-order valence-electron chi connectivity index (χ3n) is 1.65. The van der Waals surface area contributed by atoms with E-state index in [-0.39, 0.29) is 6.61 Å². The molecule has 0 aromatic heterocycles. The van der Waals surface area contributed by atoms with Crippen LogP contribution in [0.2, 0.25) is 0 Å². The molecule has 3 nitrogen and oxygen atoms in total. The summed E-state index contributed by atoms with van der Waals surface area (Å²) in [5.41, 5.74) is 1.35. The summed E-state index contributed by atoms with van der Waals surface area (Å²) in [5, 5.41) is 0. The van der Waals surface area contributed by atoms with Gasteiger partial charge in [0.15, 0.2) is 6.29 Å². The van der Waals surface area contributed by atoms with Crippen LogP contribution in [0.15, 0.2) is 24.3 Å². The van der Waals surface area contributed by atoms with E-state index in [9.17, 15) is 9.59 Å². The first-order valence-corrected chi connectivity index (χ1v) is 3.92. The first-order chi connectivity index (χ1) is 6.25. The Morgan fingerprint density at radius 2 is 2.15 bits per heavy atom. The number of aryl methyl sites for hydroxylation is 1. The number of aldehydes is 1. The molecule has 0 unspecified atom stereocenters. The molecule has 0 bridgehead atoms. The Kier molecular flexibility index (Phi) is 3.20. The van der Waals surface area contributed by atoms with Crippen LogP contribution in [0.4, 0.5) is 0 Å². The predicted molar refractivity (Wildman–Crippen MR) is 47.5 cm³/mol. The summed E-state index contributed by atoms with van der Waals surface area (Å²) in [5.74, 6) is -0.454. The zero-order valence-corrected chi connectivity index (χ0v) is 7.32. The Morgan fingerprint density at radius 1 is 1.46 bits per heavy atom. The summed E-state index contributed by atoms with van der Waals surface area (Å²) >= 11 is 0. The van der Waals surface area contributed by atoms with Crippen molar-refractivity contribution < 1.29 is 14.3 Å². The lowest BCUT2D eigenvalue weighted by Gasteiger charge is -2.03. The van der Waals surface area contributed by atoms with Crippen LogP contribution in [-0.2, 0) is 9.53 Å². The fraction of sp³-hybridized carbons (Fsp3) is 0.200. The normalized spacial score (nSPS) is 9.31. The van der Waals surface area contributed by atoms with Crippen molar-refractivity contribution in [3.8, 4) is 0 Å². The molecule has 0 N–H and O–H groups in total. The van der Waals surface area contributed by atoms with Gasteiger partial charge in [0.05, 0.1) is 5.56 Å². The number of hydrogen-bond acceptors (Lipinski definition) is 3. The average molecular weight is 178 g/mol. The van der Waals surface area contributed by atoms with E-state index in [0.29, 0.717) is 11.8 Å². The Labute approximate surface area is 76.3 Å². The third-order valence-corrected chi connectivity index (χ3v) is 1.65. The van der Waals surface area contributed by atoms with Gasteiger partial charge in [-0.05, 0) is 18.6 Å². The maximum atomic E-state index is 11.2. The molecule has 1 aromatic carbocycles. The lowest BCUT2D eigenvalue weighted by atomic mass is 10.1. The van der Waals surface area contributed by atoms with Gasteiger partial charge in [0.1, 0.15) is 6.61 Å². The summed E-state index contributed by atoms with van der Waals surface area (Å²) < 4.78 is 4.65. The number of esters is 1. The molecule has 0 aliphatic heterocycles. The van der Waals surface area contributed by atoms with E-state index in [4.69, 9.17) is 0 Å². The Morgan fingerprint density at radius 3 is 2.77 bits per heavy atom. The highest BCUT2D eigenvalue weighted by atomic mass is 16.5. The van der Waals surface area contributed by atoms with Gasteiger partial charge in [0.25, 0.3) is 0 Å². The van der Waals surface area contributed by atoms with Crippen LogP contribution in [0.5, 0.6) is 0 Å². The highest BCUT2D eigenvalue weighted by Gasteiger charge is 2.08. The van der Waals surface area contributed by atoms with E-state index in [1.165, 1.54) is 0 Å². The minimum Gasteiger partial charge on any atom is -0.454 e. The van der Waals surface area contributed by atoms with Gasteiger partial charge in [-0.2, -0.15) is 0 Å². The summed E-state index contributed by atoms with van der Waals surface area (Å²) in [6.45, 7) is 1.63. The molecule has 1 aromatic rings. The van der Waals surface area contributed by atoms with E-state index in [2.05, 4.69) is 4.74 Å². The summed E-state index contributed by atoms with van der Waals surface area (Å²) in [4.78, 5) is 21.2. The van der Waals surface area contributed by atoms with Gasteiger partial charge in [-0.25, -0.2) is 4.79 Å². The monoisotopic (exact) mass is 178 g/mol. The largest absolute Gasteiger partial charge is 0.454 e. The van der Waals surface area contributed by atoms with Crippen molar-refractivity contribution >= 4 is 12.3 Å². The molecule has 1 rings (SSSR count). The van der Waals surface area contributed by atoms with E-state index in [1.54, 1.807) is 12.1 Å². The average Bonchev–Trinajstić information content (AvgIpc) is 2.15. The predicted octanol–water partition coefficient (Wildman–Crippen LogP) is 1.35. The number of ether oxygens (including phenoxy) is 1. The van der Waals surface area contributed by atoms with Gasteiger partial charge in [-0.1, -0.05) is 18.2 Å². The van der Waals surface area contributed by atoms with Crippen LogP contribution < -0.4 is 0 Å². The third kappa shape index (κ3) is 2.40. The standard InChI is InChI=1S/C10H10O3/c1-8-4-2-3-5-9(8)10(12)13-7-6-11/h2-6H,7H2,1H3. The van der Waals surface area contributed by atoms with Crippen LogP contribution in [0, 0.1) is 6.92 Å². The summed E-state index contributed by atoms with van der Waals surface area (Å²) in [6.07, 6.45) is 0.552. The van der Waals surface area contributed by atoms with Crippen LogP contribution in [0.1, 0.15) is 15.9 Å². The number of rotatable bonds is 3. The molecular weight excluding hydrogens is 168 g/mol. The van der Waals surface area contributed by atoms with Crippen LogP contribution in [-0.4, -0.2) is 18.9 Å². The Bertz CT molecular complexity index is 318. The summed E-state index contributed by atoms with van der Waals surface area (Å²) in [7, 11) is 0. The van der Waals surface area contributed by atoms with Crippen molar-refractivity contribution in [2.75, 3.05) is 6.61 Å². The fourth-order valence-electron chi connectivity index (χ4n) is 0.989. The smallest absolute Gasteiger partial charge is 0.338 e. The maximum Gasteiger partial charge on any atom is 0.338 e. The van der Waals surface area contributed by atoms with Gasteiger partial charge in [0.2, 0.25) is 0 Å². The second-order valence-electron chi connectivity index (χ2n) is 2.58. The summed E-state index contributed by atoms with van der Waals surface area (Å²) in [6, 6.07) is 7.08. The van der Waals surface area contributed by atoms with Gasteiger partial charge >= 0.3 is 5.97 Å². The molecule has 0 aliphatic rings. The van der Waals surface area contributed by atoms with Gasteiger partial charge in [-0.3, -0.25) is 4.79 Å². The van der Waals surface area contributed by atoms with E-state index < -0.39 is 5.97 Å². The van der Waals surface area contributed by atoms with E-state index in [0.717, 1.165) is 5.56 Å².